The lowest BCUT2D eigenvalue weighted by molar-refractivity contribution is -0.117. The van der Waals surface area contributed by atoms with Crippen molar-refractivity contribution < 1.29 is 4.79 Å². The molecule has 1 aromatic rings. The fraction of sp³-hybridized carbons (Fsp3) is 0.125. The highest BCUT2D eigenvalue weighted by Crippen LogP contribution is 2.18. The Morgan fingerprint density at radius 3 is 2.67 bits per heavy atom. The van der Waals surface area contributed by atoms with E-state index in [9.17, 15) is 4.79 Å². The molecule has 0 aliphatic heterocycles. The minimum absolute atomic E-state index is 0.194. The first-order chi connectivity index (χ1) is 5.59. The highest BCUT2D eigenvalue weighted by molar-refractivity contribution is 9.10. The molecule has 4 heteroatoms. The highest BCUT2D eigenvalue weighted by Gasteiger charge is 2.02. The molecule has 1 rings (SSSR count). The smallest absolute Gasteiger partial charge is 0.221 e. The van der Waals surface area contributed by atoms with E-state index < -0.39 is 0 Å². The van der Waals surface area contributed by atoms with Crippen molar-refractivity contribution in [3.05, 3.63) is 28.2 Å². The molecule has 1 aromatic carbocycles. The lowest BCUT2D eigenvalue weighted by atomic mass is 10.1. The van der Waals surface area contributed by atoms with Crippen LogP contribution in [0, 0.1) is 0 Å². The second-order valence-electron chi connectivity index (χ2n) is 2.49. The van der Waals surface area contributed by atoms with E-state index in [4.69, 9.17) is 11.5 Å². The predicted molar refractivity (Wildman–Crippen MR) is 51.5 cm³/mol. The predicted octanol–water partition coefficient (Wildman–Crippen LogP) is 1.06. The summed E-state index contributed by atoms with van der Waals surface area (Å²) in [6.07, 6.45) is 0.194. The van der Waals surface area contributed by atoms with Gasteiger partial charge in [0, 0.05) is 10.2 Å². The van der Waals surface area contributed by atoms with E-state index in [2.05, 4.69) is 15.9 Å². The van der Waals surface area contributed by atoms with Gasteiger partial charge in [-0.2, -0.15) is 0 Å². The average Bonchev–Trinajstić information content (AvgIpc) is 1.94. The third-order valence-corrected chi connectivity index (χ3v) is 1.97. The van der Waals surface area contributed by atoms with Crippen LogP contribution in [0.4, 0.5) is 5.69 Å². The molecule has 4 N–H and O–H groups in total. The molecule has 3 nitrogen and oxygen atoms in total. The largest absolute Gasteiger partial charge is 0.398 e. The molecule has 0 aliphatic rings. The topological polar surface area (TPSA) is 69.1 Å². The van der Waals surface area contributed by atoms with Crippen LogP contribution in [0.25, 0.3) is 0 Å². The van der Waals surface area contributed by atoms with E-state index in [0.717, 1.165) is 10.0 Å². The van der Waals surface area contributed by atoms with Crippen LogP contribution in [0.5, 0.6) is 0 Å². The molecule has 0 saturated carbocycles. The zero-order valence-corrected chi connectivity index (χ0v) is 7.97. The van der Waals surface area contributed by atoms with Crippen LogP contribution in [0.15, 0.2) is 22.7 Å². The summed E-state index contributed by atoms with van der Waals surface area (Å²) >= 11 is 3.27. The summed E-state index contributed by atoms with van der Waals surface area (Å²) < 4.78 is 0.897. The molecule has 0 unspecified atom stereocenters. The fourth-order valence-electron chi connectivity index (χ4n) is 0.914. The molecule has 0 radical (unpaired) electrons. The van der Waals surface area contributed by atoms with Gasteiger partial charge in [-0.1, -0.05) is 22.0 Å². The number of nitrogens with two attached hydrogens (primary N) is 2. The van der Waals surface area contributed by atoms with Gasteiger partial charge in [0.1, 0.15) is 0 Å². The first-order valence-electron chi connectivity index (χ1n) is 3.42. The van der Waals surface area contributed by atoms with Crippen molar-refractivity contribution in [1.82, 2.24) is 0 Å². The summed E-state index contributed by atoms with van der Waals surface area (Å²) in [5.74, 6) is -0.371. The molecule has 0 atom stereocenters. The normalized spacial score (nSPS) is 9.75. The zero-order chi connectivity index (χ0) is 9.14. The molecule has 0 aromatic heterocycles. The number of hydrogen-bond donors (Lipinski definition) is 2. The van der Waals surface area contributed by atoms with Crippen molar-refractivity contribution in [3.63, 3.8) is 0 Å². The molecule has 0 heterocycles. The van der Waals surface area contributed by atoms with E-state index in [0.29, 0.717) is 5.69 Å². The number of hydrogen-bond acceptors (Lipinski definition) is 2. The molecule has 12 heavy (non-hydrogen) atoms. The Kier molecular flexibility index (Phi) is 2.70. The maximum absolute atomic E-state index is 10.6. The standard InChI is InChI=1S/C8H9BrN2O/c9-6-2-1-5(3-8(11)12)7(10)4-6/h1-2,4H,3,10H2,(H2,11,12). The molecule has 0 fully saturated rings. The molecular formula is C8H9BrN2O. The van der Waals surface area contributed by atoms with Crippen LogP contribution in [-0.4, -0.2) is 5.91 Å². The molecule has 0 spiro atoms. The van der Waals surface area contributed by atoms with Crippen molar-refractivity contribution in [2.45, 2.75) is 6.42 Å². The summed E-state index contributed by atoms with van der Waals surface area (Å²) in [6.45, 7) is 0. The fourth-order valence-corrected chi connectivity index (χ4v) is 1.29. The van der Waals surface area contributed by atoms with Crippen molar-refractivity contribution >= 4 is 27.5 Å². The second-order valence-corrected chi connectivity index (χ2v) is 3.40. The van der Waals surface area contributed by atoms with Gasteiger partial charge in [0.25, 0.3) is 0 Å². The Balaban J connectivity index is 2.93. The van der Waals surface area contributed by atoms with Crippen LogP contribution in [0.3, 0.4) is 0 Å². The van der Waals surface area contributed by atoms with Crippen molar-refractivity contribution in [2.24, 2.45) is 5.73 Å². The third-order valence-electron chi connectivity index (χ3n) is 1.47. The van der Waals surface area contributed by atoms with Crippen molar-refractivity contribution in [2.75, 3.05) is 5.73 Å². The van der Waals surface area contributed by atoms with Crippen LogP contribution >= 0.6 is 15.9 Å². The number of rotatable bonds is 2. The molecule has 64 valence electrons. The van der Waals surface area contributed by atoms with Gasteiger partial charge in [-0.3, -0.25) is 4.79 Å². The lowest BCUT2D eigenvalue weighted by Crippen LogP contribution is -2.14. The summed E-state index contributed by atoms with van der Waals surface area (Å²) in [4.78, 5) is 10.6. The van der Waals surface area contributed by atoms with Gasteiger partial charge in [0.05, 0.1) is 6.42 Å². The van der Waals surface area contributed by atoms with E-state index >= 15 is 0 Å². The molecule has 1 amide bonds. The number of carbonyl (C=O) groups excluding carboxylic acids is 1. The van der Waals surface area contributed by atoms with Crippen LogP contribution in [0.2, 0.25) is 0 Å². The zero-order valence-electron chi connectivity index (χ0n) is 6.38. The Morgan fingerprint density at radius 1 is 1.50 bits per heavy atom. The molecule has 0 saturated heterocycles. The highest BCUT2D eigenvalue weighted by atomic mass is 79.9. The van der Waals surface area contributed by atoms with Gasteiger partial charge in [-0.25, -0.2) is 0 Å². The van der Waals surface area contributed by atoms with E-state index in [1.54, 1.807) is 12.1 Å². The Morgan fingerprint density at radius 2 is 2.17 bits per heavy atom. The SMILES string of the molecule is NC(=O)Cc1ccc(Br)cc1N. The monoisotopic (exact) mass is 228 g/mol. The van der Waals surface area contributed by atoms with Gasteiger partial charge in [-0.15, -0.1) is 0 Å². The number of nitrogen functional groups attached to an aromatic ring is 1. The van der Waals surface area contributed by atoms with E-state index in [1.165, 1.54) is 0 Å². The first-order valence-corrected chi connectivity index (χ1v) is 4.21. The number of primary amides is 1. The summed E-state index contributed by atoms with van der Waals surface area (Å²) in [5.41, 5.74) is 12.0. The molecule has 0 aliphatic carbocycles. The Labute approximate surface area is 78.9 Å². The van der Waals surface area contributed by atoms with Crippen molar-refractivity contribution in [3.8, 4) is 0 Å². The number of anilines is 1. The van der Waals surface area contributed by atoms with Crippen LogP contribution in [0.1, 0.15) is 5.56 Å². The first kappa shape index (κ1) is 9.06. The Hall–Kier alpha value is -1.03. The number of carbonyl (C=O) groups is 1. The quantitative estimate of drug-likeness (QED) is 0.744. The van der Waals surface area contributed by atoms with Gasteiger partial charge >= 0.3 is 0 Å². The van der Waals surface area contributed by atoms with Gasteiger partial charge in [0.2, 0.25) is 5.91 Å². The minimum Gasteiger partial charge on any atom is -0.398 e. The minimum atomic E-state index is -0.371. The van der Waals surface area contributed by atoms with Gasteiger partial charge in [-0.05, 0) is 17.7 Å². The third kappa shape index (κ3) is 2.23. The number of benzene rings is 1. The number of halogens is 1. The van der Waals surface area contributed by atoms with Crippen molar-refractivity contribution in [1.29, 1.82) is 0 Å². The summed E-state index contributed by atoms with van der Waals surface area (Å²) in [7, 11) is 0. The van der Waals surface area contributed by atoms with Gasteiger partial charge < -0.3 is 11.5 Å². The summed E-state index contributed by atoms with van der Waals surface area (Å²) in [5, 5.41) is 0. The molecule has 0 bridgehead atoms. The Bertz CT molecular complexity index is 312. The van der Waals surface area contributed by atoms with Crippen LogP contribution in [-0.2, 0) is 11.2 Å². The van der Waals surface area contributed by atoms with E-state index in [-0.39, 0.29) is 12.3 Å². The van der Waals surface area contributed by atoms with Gasteiger partial charge in [0.15, 0.2) is 0 Å². The molecular weight excluding hydrogens is 220 g/mol. The number of amides is 1. The summed E-state index contributed by atoms with van der Waals surface area (Å²) in [6, 6.07) is 5.36. The maximum Gasteiger partial charge on any atom is 0.221 e. The second kappa shape index (κ2) is 3.58. The van der Waals surface area contributed by atoms with E-state index in [1.807, 2.05) is 6.07 Å². The maximum atomic E-state index is 10.6. The average molecular weight is 229 g/mol. The van der Waals surface area contributed by atoms with Crippen LogP contribution < -0.4 is 11.5 Å². The lowest BCUT2D eigenvalue weighted by Gasteiger charge is -2.02.